The van der Waals surface area contributed by atoms with E-state index in [0.29, 0.717) is 0 Å². The maximum absolute atomic E-state index is 12.4. The van der Waals surface area contributed by atoms with E-state index in [1.54, 1.807) is 0 Å². The van der Waals surface area contributed by atoms with Crippen LogP contribution in [0, 0.1) is 0 Å². The summed E-state index contributed by atoms with van der Waals surface area (Å²) in [7, 11) is -3.92. The highest BCUT2D eigenvalue weighted by Crippen LogP contribution is 2.64. The first-order valence-electron chi connectivity index (χ1n) is 3.82. The Kier molecular flexibility index (Phi) is 4.06. The Hall–Kier alpha value is -0.500. The third-order valence-corrected chi connectivity index (χ3v) is 5.03. The molecule has 1 aromatic rings. The Balaban J connectivity index is 2.98. The van der Waals surface area contributed by atoms with Gasteiger partial charge in [-0.25, -0.2) is 0 Å². The second-order valence-corrected chi connectivity index (χ2v) is 6.16. The molecule has 0 fully saturated rings. The van der Waals surface area contributed by atoms with Crippen LogP contribution in [0.25, 0.3) is 0 Å². The average molecular weight is 279 g/mol. The third-order valence-electron chi connectivity index (χ3n) is 1.35. The Morgan fingerprint density at radius 1 is 0.875 bits per heavy atom. The van der Waals surface area contributed by atoms with Gasteiger partial charge in [-0.05, 0) is 22.1 Å². The van der Waals surface area contributed by atoms with Crippen LogP contribution in [0.15, 0.2) is 35.2 Å². The summed E-state index contributed by atoms with van der Waals surface area (Å²) in [5.74, 6) is 0. The lowest BCUT2D eigenvalue weighted by Gasteiger charge is -2.22. The standard InChI is InChI=1S/C8H5F6S2/c9-7(10,11)15-16(8(12,13)14)6-4-2-1-3-5-6/h1-5H. The van der Waals surface area contributed by atoms with E-state index in [4.69, 9.17) is 0 Å². The van der Waals surface area contributed by atoms with Gasteiger partial charge in [0, 0.05) is 15.7 Å². The van der Waals surface area contributed by atoms with Crippen molar-refractivity contribution in [1.82, 2.24) is 0 Å². The number of halogens is 6. The summed E-state index contributed by atoms with van der Waals surface area (Å²) in [6.45, 7) is 0. The van der Waals surface area contributed by atoms with Crippen LogP contribution in [0.5, 0.6) is 0 Å². The van der Waals surface area contributed by atoms with Gasteiger partial charge in [-0.3, -0.25) is 0 Å². The van der Waals surface area contributed by atoms with E-state index in [0.717, 1.165) is 12.1 Å². The number of rotatable bonds is 2. The fourth-order valence-corrected chi connectivity index (χ4v) is 3.39. The largest absolute Gasteiger partial charge is 0.451 e. The van der Waals surface area contributed by atoms with Crippen molar-refractivity contribution in [3.05, 3.63) is 30.3 Å². The first kappa shape index (κ1) is 13.6. The lowest BCUT2D eigenvalue weighted by molar-refractivity contribution is -0.0389. The zero-order valence-corrected chi connectivity index (χ0v) is 9.10. The molecule has 1 radical (unpaired) electrons. The molecule has 0 aromatic heterocycles. The molecule has 16 heavy (non-hydrogen) atoms. The molecule has 0 saturated heterocycles. The predicted octanol–water partition coefficient (Wildman–Crippen LogP) is 5.00. The summed E-state index contributed by atoms with van der Waals surface area (Å²) in [6.07, 6.45) is 0. The van der Waals surface area contributed by atoms with Gasteiger partial charge in [0.1, 0.15) is 0 Å². The average Bonchev–Trinajstić information content (AvgIpc) is 2.13. The van der Waals surface area contributed by atoms with E-state index in [9.17, 15) is 26.3 Å². The smallest absolute Gasteiger partial charge is 0.160 e. The highest BCUT2D eigenvalue weighted by molar-refractivity contribution is 8.85. The quantitative estimate of drug-likeness (QED) is 0.542. The maximum Gasteiger partial charge on any atom is 0.451 e. The van der Waals surface area contributed by atoms with Gasteiger partial charge < -0.3 is 0 Å². The van der Waals surface area contributed by atoms with Crippen LogP contribution in [0.4, 0.5) is 26.3 Å². The van der Waals surface area contributed by atoms with Crippen LogP contribution in [0.2, 0.25) is 0 Å². The predicted molar refractivity (Wildman–Crippen MR) is 52.0 cm³/mol. The normalized spacial score (nSPS) is 13.2. The number of alkyl halides is 6. The fourth-order valence-electron chi connectivity index (χ4n) is 0.868. The van der Waals surface area contributed by atoms with E-state index < -0.39 is 31.7 Å². The SMILES string of the molecule is FC(F)(F)S[S](c1ccccc1)C(F)(F)F. The molecule has 0 heterocycles. The molecule has 0 unspecified atom stereocenters. The van der Waals surface area contributed by atoms with Crippen LogP contribution >= 0.6 is 20.7 Å². The van der Waals surface area contributed by atoms with Crippen LogP contribution in [0.1, 0.15) is 0 Å². The van der Waals surface area contributed by atoms with E-state index in [2.05, 4.69) is 0 Å². The van der Waals surface area contributed by atoms with E-state index in [1.807, 2.05) is 0 Å². The van der Waals surface area contributed by atoms with Gasteiger partial charge in [0.15, 0.2) is 0 Å². The Morgan fingerprint density at radius 2 is 1.38 bits per heavy atom. The molecule has 0 saturated carbocycles. The van der Waals surface area contributed by atoms with Crippen molar-refractivity contribution in [3.63, 3.8) is 0 Å². The fraction of sp³-hybridized carbons (Fsp3) is 0.250. The minimum atomic E-state index is -4.91. The third kappa shape index (κ3) is 4.17. The van der Waals surface area contributed by atoms with Gasteiger partial charge in [0.05, 0.1) is 0 Å². The summed E-state index contributed by atoms with van der Waals surface area (Å²) in [5.41, 5.74) is -9.81. The second kappa shape index (κ2) is 4.79. The molecule has 0 aliphatic carbocycles. The molecule has 0 atom stereocenters. The lowest BCUT2D eigenvalue weighted by atomic mass is 10.4. The van der Waals surface area contributed by atoms with E-state index in [1.165, 1.54) is 18.2 Å². The van der Waals surface area contributed by atoms with E-state index in [-0.39, 0.29) is 4.90 Å². The van der Waals surface area contributed by atoms with Crippen LogP contribution in [-0.2, 0) is 0 Å². The molecule has 0 aliphatic heterocycles. The number of hydrogen-bond acceptors (Lipinski definition) is 1. The molecule has 0 N–H and O–H groups in total. The second-order valence-electron chi connectivity index (χ2n) is 2.56. The molecular formula is C8H5F6S2. The summed E-state index contributed by atoms with van der Waals surface area (Å²) >= 11 is 0. The highest BCUT2D eigenvalue weighted by atomic mass is 33.1. The first-order valence-corrected chi connectivity index (χ1v) is 6.38. The minimum Gasteiger partial charge on any atom is -0.160 e. The zero-order chi connectivity index (χ0) is 12.4. The van der Waals surface area contributed by atoms with Gasteiger partial charge in [-0.2, -0.15) is 26.3 Å². The number of benzene rings is 1. The van der Waals surface area contributed by atoms with Crippen molar-refractivity contribution < 1.29 is 26.3 Å². The minimum absolute atomic E-state index is 0.377. The van der Waals surface area contributed by atoms with Gasteiger partial charge in [-0.1, -0.05) is 18.2 Å². The Labute approximate surface area is 93.8 Å². The van der Waals surface area contributed by atoms with Crippen molar-refractivity contribution in [2.75, 3.05) is 0 Å². The molecule has 1 rings (SSSR count). The first-order chi connectivity index (χ1) is 7.20. The Bertz CT molecular complexity index is 331. The van der Waals surface area contributed by atoms with Gasteiger partial charge in [-0.15, -0.1) is 0 Å². The molecule has 1 aromatic carbocycles. The van der Waals surface area contributed by atoms with Crippen molar-refractivity contribution in [3.8, 4) is 0 Å². The van der Waals surface area contributed by atoms with Crippen LogP contribution in [0.3, 0.4) is 0 Å². The van der Waals surface area contributed by atoms with Crippen LogP contribution in [-0.4, -0.2) is 11.0 Å². The molecule has 0 amide bonds. The molecule has 0 spiro atoms. The summed E-state index contributed by atoms with van der Waals surface area (Å²) in [4.78, 5) is -0.377. The molecular weight excluding hydrogens is 274 g/mol. The van der Waals surface area contributed by atoms with Crippen molar-refractivity contribution in [2.24, 2.45) is 0 Å². The van der Waals surface area contributed by atoms with Crippen LogP contribution < -0.4 is 0 Å². The topological polar surface area (TPSA) is 0 Å². The van der Waals surface area contributed by atoms with Gasteiger partial charge >= 0.3 is 11.0 Å². The zero-order valence-electron chi connectivity index (χ0n) is 7.47. The summed E-state index contributed by atoms with van der Waals surface area (Å²) in [5, 5.41) is 0. The monoisotopic (exact) mass is 279 g/mol. The molecule has 8 heteroatoms. The molecule has 0 nitrogen and oxygen atoms in total. The molecule has 0 aliphatic rings. The molecule has 0 bridgehead atoms. The lowest BCUT2D eigenvalue weighted by Crippen LogP contribution is -2.11. The maximum atomic E-state index is 12.4. The van der Waals surface area contributed by atoms with E-state index >= 15 is 0 Å². The molecule has 91 valence electrons. The van der Waals surface area contributed by atoms with Crippen molar-refractivity contribution in [1.29, 1.82) is 0 Å². The van der Waals surface area contributed by atoms with Gasteiger partial charge in [0.25, 0.3) is 0 Å². The Morgan fingerprint density at radius 3 is 1.75 bits per heavy atom. The van der Waals surface area contributed by atoms with Gasteiger partial charge in [0.2, 0.25) is 0 Å². The van der Waals surface area contributed by atoms with Crippen molar-refractivity contribution in [2.45, 2.75) is 15.9 Å². The number of hydrogen-bond donors (Lipinski definition) is 0. The highest BCUT2D eigenvalue weighted by Gasteiger charge is 2.47. The summed E-state index contributed by atoms with van der Waals surface area (Å²) in [6, 6.07) is 6.07. The summed E-state index contributed by atoms with van der Waals surface area (Å²) < 4.78 is 73.3. The van der Waals surface area contributed by atoms with Crippen molar-refractivity contribution >= 4 is 20.7 Å².